The second-order valence-corrected chi connectivity index (χ2v) is 9.61. The van der Waals surface area contributed by atoms with Gasteiger partial charge in [-0.1, -0.05) is 85.4 Å². The van der Waals surface area contributed by atoms with Gasteiger partial charge in [0.05, 0.1) is 45.8 Å². The molecule has 2 atom stereocenters. The molecule has 0 heterocycles. The predicted molar refractivity (Wildman–Crippen MR) is 171 cm³/mol. The summed E-state index contributed by atoms with van der Waals surface area (Å²) in [4.78, 5) is 33.1. The molecule has 0 aromatic heterocycles. The Labute approximate surface area is 259 Å². The lowest BCUT2D eigenvalue weighted by Gasteiger charge is -2.21. The summed E-state index contributed by atoms with van der Waals surface area (Å²) in [7, 11) is 3.95. The van der Waals surface area contributed by atoms with E-state index in [-0.39, 0.29) is 26.2 Å². The van der Waals surface area contributed by atoms with Crippen LogP contribution in [0.25, 0.3) is 21.5 Å². The van der Waals surface area contributed by atoms with Crippen LogP contribution in [0.3, 0.4) is 0 Å². The predicted octanol–water partition coefficient (Wildman–Crippen LogP) is 7.08. The van der Waals surface area contributed by atoms with Gasteiger partial charge in [0.15, 0.2) is 0 Å². The monoisotopic (exact) mass is 595 g/mol. The highest BCUT2D eigenvalue weighted by Crippen LogP contribution is 2.32. The van der Waals surface area contributed by atoms with Crippen LogP contribution in [-0.4, -0.2) is 39.2 Å². The van der Waals surface area contributed by atoms with Crippen LogP contribution in [0, 0.1) is 28.6 Å². The summed E-state index contributed by atoms with van der Waals surface area (Å²) in [6, 6.07) is 32.5. The van der Waals surface area contributed by atoms with E-state index in [0.29, 0.717) is 12.8 Å². The molecule has 44 heavy (non-hydrogen) atoms. The van der Waals surface area contributed by atoms with Crippen molar-refractivity contribution in [2.24, 2.45) is 5.92 Å². The normalized spacial score (nSPS) is 11.1. The van der Waals surface area contributed by atoms with Gasteiger partial charge in [-0.25, -0.2) is 4.79 Å². The number of nitriles is 2. The Hall–Kier alpha value is -5.47. The lowest BCUT2D eigenvalue weighted by atomic mass is 9.81. The Balaban J connectivity index is 0.000000420. The van der Waals surface area contributed by atoms with Crippen molar-refractivity contribution in [1.29, 1.82) is 10.5 Å². The number of hydrogen-bond donors (Lipinski definition) is 0. The first-order chi connectivity index (χ1) is 21.3. The molecular weight excluding hydrogens is 556 g/mol. The zero-order valence-corrected chi connectivity index (χ0v) is 25.2. The van der Waals surface area contributed by atoms with Gasteiger partial charge in [0.2, 0.25) is 0 Å². The molecule has 0 aliphatic heterocycles. The number of carbonyl (C=O) groups is 3. The number of carbonyl (C=O) groups excluding carboxylic acids is 3. The first kappa shape index (κ1) is 34.7. The molecule has 0 spiro atoms. The molecule has 4 aromatic carbocycles. The van der Waals surface area contributed by atoms with Crippen LogP contribution in [0.1, 0.15) is 37.7 Å². The van der Waals surface area contributed by atoms with E-state index in [4.69, 9.17) is 10.00 Å². The Kier molecular flexibility index (Phi) is 14.9. The number of ether oxygens (including phenoxy) is 3. The number of rotatable bonds is 9. The number of fused-ring (bicyclic) bond motifs is 2. The number of methoxy groups -OCH3 is 3. The molecule has 0 saturated carbocycles. The molecule has 4 rings (SSSR count). The van der Waals surface area contributed by atoms with E-state index in [1.165, 1.54) is 32.1 Å². The molecule has 8 heteroatoms. The molecule has 228 valence electrons. The Bertz CT molecular complexity index is 1660. The third kappa shape index (κ3) is 11.1. The number of esters is 3. The van der Waals surface area contributed by atoms with Crippen LogP contribution in [0.5, 0.6) is 0 Å². The Morgan fingerprint density at radius 3 is 1.86 bits per heavy atom. The van der Waals surface area contributed by atoms with Gasteiger partial charge in [-0.2, -0.15) is 10.5 Å². The highest BCUT2D eigenvalue weighted by molar-refractivity contribution is 5.84. The molecule has 0 radical (unpaired) electrons. The van der Waals surface area contributed by atoms with E-state index in [1.54, 1.807) is 0 Å². The van der Waals surface area contributed by atoms with Crippen LogP contribution in [0.2, 0.25) is 0 Å². The van der Waals surface area contributed by atoms with Crippen molar-refractivity contribution in [1.82, 2.24) is 0 Å². The molecule has 0 bridgehead atoms. The van der Waals surface area contributed by atoms with Crippen LogP contribution in [-0.2, 0) is 35.0 Å². The Morgan fingerprint density at radius 1 is 0.795 bits per heavy atom. The highest BCUT2D eigenvalue weighted by atomic mass is 16.5. The van der Waals surface area contributed by atoms with E-state index < -0.39 is 17.9 Å². The summed E-state index contributed by atoms with van der Waals surface area (Å²) < 4.78 is 13.6. The molecule has 0 aliphatic carbocycles. The van der Waals surface area contributed by atoms with Crippen molar-refractivity contribution >= 4 is 39.5 Å². The van der Waals surface area contributed by atoms with Crippen LogP contribution < -0.4 is 0 Å². The maximum atomic E-state index is 11.8. The van der Waals surface area contributed by atoms with E-state index in [9.17, 15) is 19.6 Å². The van der Waals surface area contributed by atoms with Gasteiger partial charge < -0.3 is 14.2 Å². The quantitative estimate of drug-likeness (QED) is 0.114. The summed E-state index contributed by atoms with van der Waals surface area (Å²) in [6.07, 6.45) is 2.22. The second-order valence-electron chi connectivity index (χ2n) is 9.61. The highest BCUT2D eigenvalue weighted by Gasteiger charge is 2.27. The third-order valence-electron chi connectivity index (χ3n) is 6.81. The van der Waals surface area contributed by atoms with Gasteiger partial charge in [-0.15, -0.1) is 0 Å². The average molecular weight is 596 g/mol. The lowest BCUT2D eigenvalue weighted by molar-refractivity contribution is -0.144. The summed E-state index contributed by atoms with van der Waals surface area (Å²) in [5.41, 5.74) is 1.92. The van der Waals surface area contributed by atoms with E-state index in [0.717, 1.165) is 28.0 Å². The molecule has 8 nitrogen and oxygen atoms in total. The molecule has 0 fully saturated rings. The number of hydrogen-bond acceptors (Lipinski definition) is 8. The molecule has 2 unspecified atom stereocenters. The molecule has 4 aromatic rings. The molecule has 0 saturated heterocycles. The second kappa shape index (κ2) is 18.9. The minimum Gasteiger partial charge on any atom is -0.469 e. The first-order valence-corrected chi connectivity index (χ1v) is 13.9. The maximum Gasteiger partial charge on any atom is 0.329 e. The van der Waals surface area contributed by atoms with Crippen LogP contribution >= 0.6 is 0 Å². The van der Waals surface area contributed by atoms with Gasteiger partial charge >= 0.3 is 17.9 Å². The summed E-state index contributed by atoms with van der Waals surface area (Å²) in [5.74, 6) is -1.97. The van der Waals surface area contributed by atoms with Gasteiger partial charge in [-0.3, -0.25) is 9.59 Å². The standard InChI is InChI=1S/C20H21NO4.C12H9N.C4H6O2.H2/c1-24-19(22)10-9-17(12-20(23)25-2)18(13-21)16-8-7-14-5-3-4-6-15(14)11-16;13-8-7-10-5-6-11-3-1-2-4-12(11)9-10;1-3-4(5)6-2;/h3-8,11,17-18H,9-10,12H2,1-2H3;1-6,9H,7H2;3H,1H2,2H3;1H/i;;;1+1. The van der Waals surface area contributed by atoms with Crippen molar-refractivity contribution < 1.29 is 30.0 Å². The maximum absolute atomic E-state index is 11.8. The van der Waals surface area contributed by atoms with E-state index in [1.807, 2.05) is 60.7 Å². The largest absolute Gasteiger partial charge is 0.469 e. The first-order valence-electron chi connectivity index (χ1n) is 13.9. The average Bonchev–Trinajstić information content (AvgIpc) is 3.07. The third-order valence-corrected chi connectivity index (χ3v) is 6.81. The van der Waals surface area contributed by atoms with Gasteiger partial charge in [0.25, 0.3) is 0 Å². The summed E-state index contributed by atoms with van der Waals surface area (Å²) in [6.45, 7) is 3.16. The molecular formula is C36H38N2O6. The van der Waals surface area contributed by atoms with Gasteiger partial charge in [-0.05, 0) is 51.1 Å². The summed E-state index contributed by atoms with van der Waals surface area (Å²) in [5, 5.41) is 22.8. The smallest absolute Gasteiger partial charge is 0.329 e. The van der Waals surface area contributed by atoms with Gasteiger partial charge in [0, 0.05) is 20.3 Å². The fourth-order valence-electron chi connectivity index (χ4n) is 4.47. The zero-order chi connectivity index (χ0) is 32.3. The number of benzene rings is 4. The molecule has 0 aliphatic rings. The van der Waals surface area contributed by atoms with E-state index in [2.05, 4.69) is 52.5 Å². The van der Waals surface area contributed by atoms with E-state index >= 15 is 0 Å². The fourth-order valence-corrected chi connectivity index (χ4v) is 4.47. The van der Waals surface area contributed by atoms with Gasteiger partial charge in [0.1, 0.15) is 0 Å². The van der Waals surface area contributed by atoms with Crippen LogP contribution in [0.15, 0.2) is 97.6 Å². The topological polar surface area (TPSA) is 126 Å². The molecule has 0 N–H and O–H groups in total. The molecule has 0 amide bonds. The minimum atomic E-state index is -0.506. The fraction of sp³-hybridized carbons (Fsp3) is 0.250. The van der Waals surface area contributed by atoms with Crippen molar-refractivity contribution in [2.45, 2.75) is 31.6 Å². The van der Waals surface area contributed by atoms with Crippen LogP contribution in [0.4, 0.5) is 0 Å². The zero-order valence-electron chi connectivity index (χ0n) is 25.2. The van der Waals surface area contributed by atoms with Crippen molar-refractivity contribution in [3.8, 4) is 12.1 Å². The Morgan fingerprint density at radius 2 is 1.36 bits per heavy atom. The lowest BCUT2D eigenvalue weighted by Crippen LogP contribution is -2.19. The van der Waals surface area contributed by atoms with Crippen molar-refractivity contribution in [3.05, 3.63) is 109 Å². The minimum absolute atomic E-state index is 0. The van der Waals surface area contributed by atoms with Crippen molar-refractivity contribution in [3.63, 3.8) is 0 Å². The van der Waals surface area contributed by atoms with Crippen molar-refractivity contribution in [2.75, 3.05) is 21.3 Å². The SMILES string of the molecule is C=CC(=O)OC.COC(=O)CCC(CC(=O)OC)C(C#N)c1ccc2ccccc2c1.N#CCc1ccc2ccccc2c1.[2HH]. The number of nitrogens with zero attached hydrogens (tertiary/aromatic N) is 2. The summed E-state index contributed by atoms with van der Waals surface area (Å²) >= 11 is 0.